The van der Waals surface area contributed by atoms with Gasteiger partial charge in [-0.1, -0.05) is 26.5 Å². The molecule has 0 saturated carbocycles. The lowest BCUT2D eigenvalue weighted by atomic mass is 10.0. The summed E-state index contributed by atoms with van der Waals surface area (Å²) in [7, 11) is 0. The predicted molar refractivity (Wildman–Crippen MR) is 80.2 cm³/mol. The van der Waals surface area contributed by atoms with Crippen LogP contribution in [-0.2, 0) is 14.3 Å². The number of nitrogens with zero attached hydrogens (tertiary/aromatic N) is 1. The van der Waals surface area contributed by atoms with Crippen molar-refractivity contribution >= 4 is 17.8 Å². The molecule has 0 saturated heterocycles. The Kier molecular flexibility index (Phi) is 6.78. The smallest absolute Gasteiger partial charge is 0.412 e. The van der Waals surface area contributed by atoms with E-state index in [1.807, 2.05) is 13.8 Å². The largest absolute Gasteiger partial charge is 0.480 e. The van der Waals surface area contributed by atoms with Crippen LogP contribution in [-0.4, -0.2) is 53.2 Å². The Morgan fingerprint density at radius 2 is 2.27 bits per heavy atom. The SMILES string of the molecule is C=CCOC(=O)N1CC(=O)C=CC1N[C@@H](CC(C)C)C(=O)O. The number of carboxylic acid groups (broad SMARTS) is 1. The van der Waals surface area contributed by atoms with Gasteiger partial charge in [-0.3, -0.25) is 19.8 Å². The first-order chi connectivity index (χ1) is 10.3. The molecule has 2 atom stereocenters. The standard InChI is InChI=1S/C15H22N2O5/c1-4-7-22-15(21)17-9-11(18)5-6-13(17)16-12(14(19)20)8-10(2)3/h4-6,10,12-13,16H,1,7-9H2,2-3H3,(H,19,20)/t12-,13?/m0/s1. The maximum Gasteiger partial charge on any atom is 0.412 e. The van der Waals surface area contributed by atoms with Gasteiger partial charge in [0.05, 0.1) is 6.54 Å². The van der Waals surface area contributed by atoms with Gasteiger partial charge < -0.3 is 9.84 Å². The van der Waals surface area contributed by atoms with Crippen LogP contribution in [0.15, 0.2) is 24.8 Å². The number of rotatable bonds is 7. The fourth-order valence-corrected chi connectivity index (χ4v) is 2.08. The van der Waals surface area contributed by atoms with E-state index in [1.54, 1.807) is 0 Å². The maximum absolute atomic E-state index is 12.0. The van der Waals surface area contributed by atoms with E-state index in [4.69, 9.17) is 4.74 Å². The van der Waals surface area contributed by atoms with E-state index in [1.165, 1.54) is 23.1 Å². The fraction of sp³-hybridized carbons (Fsp3) is 0.533. The average Bonchev–Trinajstić information content (AvgIpc) is 2.45. The van der Waals surface area contributed by atoms with E-state index in [2.05, 4.69) is 11.9 Å². The van der Waals surface area contributed by atoms with Gasteiger partial charge in [0.1, 0.15) is 18.8 Å². The summed E-state index contributed by atoms with van der Waals surface area (Å²) in [6.45, 7) is 7.13. The highest BCUT2D eigenvalue weighted by atomic mass is 16.6. The van der Waals surface area contributed by atoms with Crippen LogP contribution in [0, 0.1) is 5.92 Å². The Morgan fingerprint density at radius 3 is 2.82 bits per heavy atom. The number of ether oxygens (including phenoxy) is 1. The number of hydrogen-bond donors (Lipinski definition) is 2. The van der Waals surface area contributed by atoms with Gasteiger partial charge in [-0.05, 0) is 24.5 Å². The van der Waals surface area contributed by atoms with Gasteiger partial charge in [0.15, 0.2) is 5.78 Å². The van der Waals surface area contributed by atoms with Crippen molar-refractivity contribution in [3.05, 3.63) is 24.8 Å². The number of aliphatic carboxylic acids is 1. The molecule has 0 aromatic rings. The third kappa shape index (κ3) is 5.33. The average molecular weight is 310 g/mol. The summed E-state index contributed by atoms with van der Waals surface area (Å²) in [6.07, 6.45) is 3.24. The highest BCUT2D eigenvalue weighted by Crippen LogP contribution is 2.12. The monoisotopic (exact) mass is 310 g/mol. The van der Waals surface area contributed by atoms with Crippen molar-refractivity contribution in [1.82, 2.24) is 10.2 Å². The van der Waals surface area contributed by atoms with Crippen LogP contribution in [0.4, 0.5) is 4.79 Å². The van der Waals surface area contributed by atoms with Gasteiger partial charge >= 0.3 is 12.1 Å². The second kappa shape index (κ2) is 8.33. The second-order valence-electron chi connectivity index (χ2n) is 5.45. The van der Waals surface area contributed by atoms with E-state index in [-0.39, 0.29) is 24.9 Å². The minimum absolute atomic E-state index is 0.0221. The van der Waals surface area contributed by atoms with Crippen LogP contribution in [0.3, 0.4) is 0 Å². The van der Waals surface area contributed by atoms with Crippen LogP contribution in [0.25, 0.3) is 0 Å². The van der Waals surface area contributed by atoms with Gasteiger partial charge in [0, 0.05) is 0 Å². The highest BCUT2D eigenvalue weighted by Gasteiger charge is 2.31. The molecule has 1 unspecified atom stereocenters. The lowest BCUT2D eigenvalue weighted by Gasteiger charge is -2.33. The van der Waals surface area contributed by atoms with Crippen molar-refractivity contribution in [2.45, 2.75) is 32.5 Å². The zero-order valence-corrected chi connectivity index (χ0v) is 12.8. The van der Waals surface area contributed by atoms with Crippen molar-refractivity contribution in [3.63, 3.8) is 0 Å². The number of carbonyl (C=O) groups excluding carboxylic acids is 2. The molecule has 0 radical (unpaired) electrons. The second-order valence-corrected chi connectivity index (χ2v) is 5.45. The molecule has 122 valence electrons. The van der Waals surface area contributed by atoms with Crippen molar-refractivity contribution in [3.8, 4) is 0 Å². The molecule has 0 aromatic carbocycles. The number of carbonyl (C=O) groups is 3. The summed E-state index contributed by atoms with van der Waals surface area (Å²) in [6, 6.07) is -0.822. The lowest BCUT2D eigenvalue weighted by molar-refractivity contribution is -0.140. The molecule has 1 aliphatic heterocycles. The molecule has 1 heterocycles. The third-order valence-corrected chi connectivity index (χ3v) is 3.06. The van der Waals surface area contributed by atoms with E-state index >= 15 is 0 Å². The summed E-state index contributed by atoms with van der Waals surface area (Å²) in [5.74, 6) is -1.08. The lowest BCUT2D eigenvalue weighted by Crippen LogP contribution is -2.56. The van der Waals surface area contributed by atoms with Crippen molar-refractivity contribution in [2.75, 3.05) is 13.2 Å². The number of carboxylic acids is 1. The first kappa shape index (κ1) is 17.9. The first-order valence-corrected chi connectivity index (χ1v) is 7.09. The number of nitrogens with one attached hydrogen (secondary N) is 1. The molecule has 2 N–H and O–H groups in total. The predicted octanol–water partition coefficient (Wildman–Crippen LogP) is 1.16. The molecule has 0 aromatic heterocycles. The molecular weight excluding hydrogens is 288 g/mol. The van der Waals surface area contributed by atoms with E-state index < -0.39 is 24.3 Å². The molecule has 0 bridgehead atoms. The Hall–Kier alpha value is -2.15. The molecule has 0 spiro atoms. The van der Waals surface area contributed by atoms with Crippen molar-refractivity contribution < 1.29 is 24.2 Å². The zero-order chi connectivity index (χ0) is 16.7. The number of hydrogen-bond acceptors (Lipinski definition) is 5. The Morgan fingerprint density at radius 1 is 1.59 bits per heavy atom. The van der Waals surface area contributed by atoms with Crippen LogP contribution in [0.2, 0.25) is 0 Å². The van der Waals surface area contributed by atoms with Crippen molar-refractivity contribution in [2.24, 2.45) is 5.92 Å². The van der Waals surface area contributed by atoms with E-state index in [9.17, 15) is 19.5 Å². The fourth-order valence-electron chi connectivity index (χ4n) is 2.08. The van der Waals surface area contributed by atoms with Gasteiger partial charge in [0.2, 0.25) is 0 Å². The Bertz CT molecular complexity index is 473. The van der Waals surface area contributed by atoms with Gasteiger partial charge in [-0.25, -0.2) is 4.79 Å². The van der Waals surface area contributed by atoms with Gasteiger partial charge in [-0.2, -0.15) is 0 Å². The van der Waals surface area contributed by atoms with Crippen LogP contribution in [0.1, 0.15) is 20.3 Å². The Labute approximate surface area is 129 Å². The normalized spacial score (nSPS) is 19.1. The molecule has 7 heteroatoms. The molecule has 7 nitrogen and oxygen atoms in total. The van der Waals surface area contributed by atoms with Crippen LogP contribution < -0.4 is 5.32 Å². The molecule has 22 heavy (non-hydrogen) atoms. The van der Waals surface area contributed by atoms with Gasteiger partial charge in [-0.15, -0.1) is 0 Å². The summed E-state index contributed by atoms with van der Waals surface area (Å²) in [5, 5.41) is 12.1. The quantitative estimate of drug-likeness (QED) is 0.685. The molecule has 0 aliphatic carbocycles. The topological polar surface area (TPSA) is 95.9 Å². The Balaban J connectivity index is 2.84. The molecular formula is C15H22N2O5. The zero-order valence-electron chi connectivity index (χ0n) is 12.8. The summed E-state index contributed by atoms with van der Waals surface area (Å²) >= 11 is 0. The van der Waals surface area contributed by atoms with Crippen LogP contribution in [0.5, 0.6) is 0 Å². The number of amides is 1. The van der Waals surface area contributed by atoms with E-state index in [0.717, 1.165) is 0 Å². The first-order valence-electron chi connectivity index (χ1n) is 7.09. The summed E-state index contributed by atoms with van der Waals surface area (Å²) in [4.78, 5) is 36.0. The molecule has 1 aliphatic rings. The molecule has 1 rings (SSSR count). The summed E-state index contributed by atoms with van der Waals surface area (Å²) < 4.78 is 4.93. The van der Waals surface area contributed by atoms with Gasteiger partial charge in [0.25, 0.3) is 0 Å². The van der Waals surface area contributed by atoms with E-state index in [0.29, 0.717) is 6.42 Å². The maximum atomic E-state index is 12.0. The summed E-state index contributed by atoms with van der Waals surface area (Å²) in [5.41, 5.74) is 0. The molecule has 0 fully saturated rings. The number of ketones is 1. The minimum atomic E-state index is -1.00. The van der Waals surface area contributed by atoms with Crippen LogP contribution >= 0.6 is 0 Å². The highest BCUT2D eigenvalue weighted by molar-refractivity contribution is 5.94. The molecule has 1 amide bonds. The minimum Gasteiger partial charge on any atom is -0.480 e. The third-order valence-electron chi connectivity index (χ3n) is 3.06. The van der Waals surface area contributed by atoms with Crippen molar-refractivity contribution in [1.29, 1.82) is 0 Å².